The van der Waals surface area contributed by atoms with Crippen LogP contribution < -0.4 is 16.0 Å². The first-order chi connectivity index (χ1) is 12.5. The van der Waals surface area contributed by atoms with Crippen LogP contribution in [-0.4, -0.2) is 54.9 Å². The summed E-state index contributed by atoms with van der Waals surface area (Å²) in [7, 11) is 0. The molecule has 1 aromatic rings. The zero-order chi connectivity index (χ0) is 18.9. The molecule has 0 radical (unpaired) electrons. The third kappa shape index (κ3) is 7.77. The van der Waals surface area contributed by atoms with Crippen molar-refractivity contribution in [1.29, 1.82) is 0 Å². The van der Waals surface area contributed by atoms with Crippen molar-refractivity contribution >= 4 is 41.8 Å². The van der Waals surface area contributed by atoms with Gasteiger partial charge in [-0.1, -0.05) is 13.8 Å². The molecule has 1 saturated heterocycles. The third-order valence-corrected chi connectivity index (χ3v) is 4.10. The monoisotopic (exact) mass is 491 g/mol. The van der Waals surface area contributed by atoms with Gasteiger partial charge in [0, 0.05) is 31.6 Å². The molecule has 9 heteroatoms. The number of nitrogens with one attached hydrogen (secondary N) is 3. The highest BCUT2D eigenvalue weighted by Crippen LogP contribution is 2.12. The number of carbonyl (C=O) groups is 2. The number of aliphatic imine (C=N–C) groups is 1. The number of carbonyl (C=O) groups excluding carboxylic acids is 2. The molecule has 1 unspecified atom stereocenters. The normalized spacial score (nSPS) is 16.8. The molecular formula is C18H30IN5O3. The molecule has 1 fully saturated rings. The summed E-state index contributed by atoms with van der Waals surface area (Å²) in [6.07, 6.45) is 2.44. The van der Waals surface area contributed by atoms with Crippen LogP contribution in [0, 0.1) is 5.92 Å². The van der Waals surface area contributed by atoms with Crippen LogP contribution in [0.3, 0.4) is 0 Å². The van der Waals surface area contributed by atoms with Crippen LogP contribution in [0.15, 0.2) is 27.8 Å². The van der Waals surface area contributed by atoms with Crippen LogP contribution in [-0.2, 0) is 16.1 Å². The molecule has 27 heavy (non-hydrogen) atoms. The number of likely N-dealkylation sites (tertiary alicyclic amines) is 1. The van der Waals surface area contributed by atoms with Gasteiger partial charge >= 0.3 is 0 Å². The fourth-order valence-electron chi connectivity index (χ4n) is 2.76. The highest BCUT2D eigenvalue weighted by Gasteiger charge is 2.27. The molecule has 1 aliphatic rings. The molecular weight excluding hydrogens is 461 g/mol. The van der Waals surface area contributed by atoms with E-state index in [1.54, 1.807) is 18.4 Å². The largest absolute Gasteiger partial charge is 0.467 e. The van der Waals surface area contributed by atoms with E-state index in [9.17, 15) is 9.59 Å². The molecule has 2 heterocycles. The Hall–Kier alpha value is -1.78. The summed E-state index contributed by atoms with van der Waals surface area (Å²) in [4.78, 5) is 30.2. The van der Waals surface area contributed by atoms with Crippen molar-refractivity contribution in [2.75, 3.05) is 26.2 Å². The predicted molar refractivity (Wildman–Crippen MR) is 115 cm³/mol. The first-order valence-electron chi connectivity index (χ1n) is 9.12. The Morgan fingerprint density at radius 3 is 2.78 bits per heavy atom. The lowest BCUT2D eigenvalue weighted by Gasteiger charge is -2.20. The highest BCUT2D eigenvalue weighted by atomic mass is 127. The third-order valence-electron chi connectivity index (χ3n) is 4.10. The minimum atomic E-state index is -0.179. The van der Waals surface area contributed by atoms with Crippen LogP contribution in [0.25, 0.3) is 0 Å². The summed E-state index contributed by atoms with van der Waals surface area (Å²) in [5.41, 5.74) is 0. The number of furan rings is 1. The number of amides is 2. The van der Waals surface area contributed by atoms with Crippen LogP contribution >= 0.6 is 24.0 Å². The SMILES string of the molecule is CCNC(=NCC(=O)NCc1ccco1)NC1CCN(C(=O)C(C)C)C1.I. The van der Waals surface area contributed by atoms with Gasteiger partial charge in [0.2, 0.25) is 11.8 Å². The number of rotatable bonds is 7. The van der Waals surface area contributed by atoms with E-state index in [0.717, 1.165) is 13.0 Å². The number of nitrogens with zero attached hydrogens (tertiary/aromatic N) is 2. The Morgan fingerprint density at radius 1 is 1.37 bits per heavy atom. The Labute approximate surface area is 177 Å². The maximum atomic E-state index is 12.1. The van der Waals surface area contributed by atoms with Gasteiger partial charge in [-0.15, -0.1) is 24.0 Å². The number of guanidine groups is 1. The summed E-state index contributed by atoms with van der Waals surface area (Å²) in [6, 6.07) is 3.72. The maximum Gasteiger partial charge on any atom is 0.242 e. The van der Waals surface area contributed by atoms with Crippen molar-refractivity contribution in [2.24, 2.45) is 10.9 Å². The minimum Gasteiger partial charge on any atom is -0.467 e. The molecule has 0 saturated carbocycles. The van der Waals surface area contributed by atoms with E-state index < -0.39 is 0 Å². The second-order valence-electron chi connectivity index (χ2n) is 6.62. The number of hydrogen-bond acceptors (Lipinski definition) is 4. The molecule has 3 N–H and O–H groups in total. The van der Waals surface area contributed by atoms with Gasteiger partial charge < -0.3 is 25.3 Å². The molecule has 0 bridgehead atoms. The zero-order valence-electron chi connectivity index (χ0n) is 16.2. The predicted octanol–water partition coefficient (Wildman–Crippen LogP) is 1.33. The first-order valence-corrected chi connectivity index (χ1v) is 9.12. The number of hydrogen-bond donors (Lipinski definition) is 3. The van der Waals surface area contributed by atoms with E-state index in [1.807, 2.05) is 25.7 Å². The summed E-state index contributed by atoms with van der Waals surface area (Å²) < 4.78 is 5.18. The smallest absolute Gasteiger partial charge is 0.242 e. The van der Waals surface area contributed by atoms with Crippen molar-refractivity contribution in [3.63, 3.8) is 0 Å². The average Bonchev–Trinajstić information content (AvgIpc) is 3.29. The van der Waals surface area contributed by atoms with Gasteiger partial charge in [-0.25, -0.2) is 4.99 Å². The summed E-state index contributed by atoms with van der Waals surface area (Å²) in [5, 5.41) is 9.21. The van der Waals surface area contributed by atoms with Gasteiger partial charge in [-0.05, 0) is 25.5 Å². The molecule has 8 nitrogen and oxygen atoms in total. The van der Waals surface area contributed by atoms with Gasteiger partial charge in [-0.3, -0.25) is 9.59 Å². The molecule has 0 aliphatic carbocycles. The quantitative estimate of drug-likeness (QED) is 0.304. The maximum absolute atomic E-state index is 12.1. The van der Waals surface area contributed by atoms with Gasteiger partial charge in [0.25, 0.3) is 0 Å². The van der Waals surface area contributed by atoms with Crippen molar-refractivity contribution in [3.05, 3.63) is 24.2 Å². The Morgan fingerprint density at radius 2 is 2.15 bits per heavy atom. The highest BCUT2D eigenvalue weighted by molar-refractivity contribution is 14.0. The van der Waals surface area contributed by atoms with E-state index in [2.05, 4.69) is 20.9 Å². The zero-order valence-corrected chi connectivity index (χ0v) is 18.5. The summed E-state index contributed by atoms with van der Waals surface area (Å²) in [6.45, 7) is 8.27. The molecule has 1 aliphatic heterocycles. The van der Waals surface area contributed by atoms with Crippen molar-refractivity contribution in [1.82, 2.24) is 20.9 Å². The fraction of sp³-hybridized carbons (Fsp3) is 0.611. The van der Waals surface area contributed by atoms with Crippen LogP contribution in [0.5, 0.6) is 0 Å². The van der Waals surface area contributed by atoms with Crippen molar-refractivity contribution < 1.29 is 14.0 Å². The van der Waals surface area contributed by atoms with E-state index in [0.29, 0.717) is 31.4 Å². The molecule has 1 atom stereocenters. The van der Waals surface area contributed by atoms with Crippen LogP contribution in [0.2, 0.25) is 0 Å². The van der Waals surface area contributed by atoms with Gasteiger partial charge in [0.05, 0.1) is 12.8 Å². The lowest BCUT2D eigenvalue weighted by molar-refractivity contribution is -0.133. The van der Waals surface area contributed by atoms with Crippen LogP contribution in [0.1, 0.15) is 33.0 Å². The van der Waals surface area contributed by atoms with Crippen molar-refractivity contribution in [2.45, 2.75) is 39.8 Å². The number of halogens is 1. The topological polar surface area (TPSA) is 99.0 Å². The van der Waals surface area contributed by atoms with E-state index in [-0.39, 0.29) is 54.3 Å². The Kier molecular flexibility index (Phi) is 10.2. The molecule has 0 spiro atoms. The summed E-state index contributed by atoms with van der Waals surface area (Å²) >= 11 is 0. The standard InChI is InChI=1S/C18H29N5O3.HI/c1-4-19-18(21-11-16(24)20-10-15-6-5-9-26-15)22-14-7-8-23(12-14)17(25)13(2)3;/h5-6,9,13-14H,4,7-8,10-12H2,1-3H3,(H,20,24)(H2,19,21,22);1H. The average molecular weight is 491 g/mol. The van der Waals surface area contributed by atoms with E-state index >= 15 is 0 Å². The van der Waals surface area contributed by atoms with Crippen LogP contribution in [0.4, 0.5) is 0 Å². The minimum absolute atomic E-state index is 0. The molecule has 0 aromatic carbocycles. The molecule has 2 amide bonds. The Bertz CT molecular complexity index is 619. The van der Waals surface area contributed by atoms with E-state index in [4.69, 9.17) is 4.42 Å². The Balaban J connectivity index is 0.00000364. The van der Waals surface area contributed by atoms with Gasteiger partial charge in [0.15, 0.2) is 5.96 Å². The second-order valence-corrected chi connectivity index (χ2v) is 6.62. The molecule has 1 aromatic heterocycles. The molecule has 2 rings (SSSR count). The van der Waals surface area contributed by atoms with Gasteiger partial charge in [-0.2, -0.15) is 0 Å². The fourth-order valence-corrected chi connectivity index (χ4v) is 2.76. The molecule has 152 valence electrons. The lowest BCUT2D eigenvalue weighted by atomic mass is 10.2. The summed E-state index contributed by atoms with van der Waals surface area (Å²) in [5.74, 6) is 1.29. The lowest BCUT2D eigenvalue weighted by Crippen LogP contribution is -2.45. The first kappa shape index (κ1) is 23.3. The van der Waals surface area contributed by atoms with E-state index in [1.165, 1.54) is 0 Å². The van der Waals surface area contributed by atoms with Crippen molar-refractivity contribution in [3.8, 4) is 0 Å². The second kappa shape index (κ2) is 11.8. The van der Waals surface area contributed by atoms with Gasteiger partial charge in [0.1, 0.15) is 12.3 Å².